The van der Waals surface area contributed by atoms with E-state index in [4.69, 9.17) is 0 Å². The SMILES string of the molecule is CC(C)CCC(=NO)[C@@H](C)[C@H]1CC[C@H]2[C@@H]3CC=C4C[C@@H](O)CC[C@]4(C)[C@H]3CC[C@]12C.CC(C)CCC[C@@H](C)[C@H]1CC[C@H]2[C@@H]3CC=C4C[C@@H](O)CC[C@]4(CO)[C@H]3CC[C@]12C. The van der Waals surface area contributed by atoms with Gasteiger partial charge in [0.25, 0.3) is 0 Å². The summed E-state index contributed by atoms with van der Waals surface area (Å²) in [5.74, 6) is 8.90. The van der Waals surface area contributed by atoms with Gasteiger partial charge in [-0.05, 0) is 197 Å². The molecule has 0 aromatic rings. The van der Waals surface area contributed by atoms with E-state index in [-0.39, 0.29) is 17.6 Å². The highest BCUT2D eigenvalue weighted by molar-refractivity contribution is 5.86. The molecule has 8 aliphatic carbocycles. The highest BCUT2D eigenvalue weighted by Crippen LogP contribution is 2.69. The van der Waals surface area contributed by atoms with Crippen molar-refractivity contribution in [2.75, 3.05) is 6.61 Å². The summed E-state index contributed by atoms with van der Waals surface area (Å²) in [6, 6.07) is 0. The Morgan fingerprint density at radius 1 is 0.644 bits per heavy atom. The Kier molecular flexibility index (Phi) is 14.1. The molecule has 0 unspecified atom stereocenters. The Hall–Kier alpha value is -1.17. The van der Waals surface area contributed by atoms with Crippen molar-refractivity contribution in [3.8, 4) is 0 Å². The molecule has 59 heavy (non-hydrogen) atoms. The van der Waals surface area contributed by atoms with Gasteiger partial charge in [-0.2, -0.15) is 0 Å². The molecule has 0 aromatic carbocycles. The van der Waals surface area contributed by atoms with Gasteiger partial charge in [0, 0.05) is 11.3 Å². The van der Waals surface area contributed by atoms with E-state index in [0.717, 1.165) is 98.0 Å². The first-order valence-electron chi connectivity index (χ1n) is 25.6. The Morgan fingerprint density at radius 3 is 1.83 bits per heavy atom. The third kappa shape index (κ3) is 8.37. The minimum Gasteiger partial charge on any atom is -0.411 e. The summed E-state index contributed by atoms with van der Waals surface area (Å²) >= 11 is 0. The highest BCUT2D eigenvalue weighted by Gasteiger charge is 2.61. The third-order valence-corrected chi connectivity index (χ3v) is 20.7. The quantitative estimate of drug-likeness (QED) is 0.0723. The van der Waals surface area contributed by atoms with E-state index in [1.165, 1.54) is 95.5 Å². The molecule has 0 spiro atoms. The molecule has 16 atom stereocenters. The molecule has 336 valence electrons. The van der Waals surface area contributed by atoms with E-state index < -0.39 is 0 Å². The van der Waals surface area contributed by atoms with Crippen LogP contribution >= 0.6 is 0 Å². The van der Waals surface area contributed by atoms with Crippen molar-refractivity contribution in [2.24, 2.45) is 97.8 Å². The lowest BCUT2D eigenvalue weighted by Crippen LogP contribution is -2.53. The number of aliphatic hydroxyl groups is 3. The fourth-order valence-corrected chi connectivity index (χ4v) is 17.3. The van der Waals surface area contributed by atoms with Crippen molar-refractivity contribution < 1.29 is 20.5 Å². The van der Waals surface area contributed by atoms with Crippen LogP contribution in [-0.2, 0) is 0 Å². The second kappa shape index (κ2) is 18.1. The average Bonchev–Trinajstić information content (AvgIpc) is 3.75. The minimum absolute atomic E-state index is 0.00948. The van der Waals surface area contributed by atoms with Crippen molar-refractivity contribution in [3.63, 3.8) is 0 Å². The van der Waals surface area contributed by atoms with Crippen molar-refractivity contribution in [1.29, 1.82) is 0 Å². The monoisotopic (exact) mass is 818 g/mol. The molecule has 8 aliphatic rings. The minimum atomic E-state index is -0.186. The predicted molar refractivity (Wildman–Crippen MR) is 244 cm³/mol. The summed E-state index contributed by atoms with van der Waals surface area (Å²) < 4.78 is 0. The van der Waals surface area contributed by atoms with Gasteiger partial charge in [0.2, 0.25) is 0 Å². The molecule has 4 N–H and O–H groups in total. The van der Waals surface area contributed by atoms with Gasteiger partial charge in [0.1, 0.15) is 0 Å². The second-order valence-electron chi connectivity index (χ2n) is 24.3. The van der Waals surface area contributed by atoms with E-state index in [2.05, 4.69) is 79.6 Å². The number of nitrogens with zero attached hydrogens (tertiary/aromatic N) is 1. The van der Waals surface area contributed by atoms with Crippen LogP contribution in [-0.4, -0.2) is 45.1 Å². The van der Waals surface area contributed by atoms with Crippen LogP contribution in [0.5, 0.6) is 0 Å². The van der Waals surface area contributed by atoms with Crippen LogP contribution < -0.4 is 0 Å². The second-order valence-corrected chi connectivity index (χ2v) is 24.3. The number of allylic oxidation sites excluding steroid dienone is 2. The molecular weight excluding hydrogens is 727 g/mol. The molecule has 5 nitrogen and oxygen atoms in total. The fraction of sp³-hybridized carbons (Fsp3) is 0.907. The molecule has 6 fully saturated rings. The average molecular weight is 818 g/mol. The van der Waals surface area contributed by atoms with Gasteiger partial charge in [0.05, 0.1) is 24.5 Å². The van der Waals surface area contributed by atoms with Gasteiger partial charge >= 0.3 is 0 Å². The Balaban J connectivity index is 0.000000179. The molecule has 8 rings (SSSR count). The van der Waals surface area contributed by atoms with Crippen LogP contribution in [0.25, 0.3) is 0 Å². The van der Waals surface area contributed by atoms with E-state index in [9.17, 15) is 20.5 Å². The summed E-state index contributed by atoms with van der Waals surface area (Å²) in [6.07, 6.45) is 29.8. The Morgan fingerprint density at radius 2 is 1.20 bits per heavy atom. The lowest BCUT2D eigenvalue weighted by molar-refractivity contribution is -0.0795. The number of rotatable bonds is 11. The molecule has 0 heterocycles. The summed E-state index contributed by atoms with van der Waals surface area (Å²) in [5.41, 5.74) is 5.21. The van der Waals surface area contributed by atoms with Crippen LogP contribution in [0.15, 0.2) is 28.5 Å². The van der Waals surface area contributed by atoms with Crippen LogP contribution in [0, 0.1) is 92.7 Å². The molecule has 6 saturated carbocycles. The Bertz CT molecular complexity index is 1530. The zero-order valence-corrected chi connectivity index (χ0v) is 39.5. The molecule has 0 saturated heterocycles. The standard InChI is InChI=1S/C27H45NO2.C27H46O2/c1-17(2)6-11-25(28-30)18(3)22-9-10-23-21-8-7-19-16-20(29)12-14-26(19,4)24(21)13-15-27(22,23)5;1-18(2)6-5-7-19(3)23-10-11-24-22-9-8-20-16-21(29)12-15-27(20,17-28)25(22)13-14-26(23,24)4/h7,17-18,20-24,29-30H,6,8-16H2,1-5H3;8,18-19,21-25,28-29H,5-7,9-17H2,1-4H3/t18-,20-,21-,22+,23-,24-,26-,27+;19-,21+,22+,23-,24+,25+,26-,27-/m01/s1. The predicted octanol–water partition coefficient (Wildman–Crippen LogP) is 13.2. The molecule has 0 aliphatic heterocycles. The largest absolute Gasteiger partial charge is 0.411 e. The maximum absolute atomic E-state index is 10.6. The summed E-state index contributed by atoms with van der Waals surface area (Å²) in [6.45, 7) is 22.1. The number of oxime groups is 1. The van der Waals surface area contributed by atoms with Gasteiger partial charge < -0.3 is 20.5 Å². The normalized spacial score (nSPS) is 45.1. The van der Waals surface area contributed by atoms with Crippen molar-refractivity contribution in [2.45, 2.75) is 209 Å². The number of aliphatic hydroxyl groups excluding tert-OH is 3. The van der Waals surface area contributed by atoms with E-state index in [0.29, 0.717) is 46.5 Å². The molecule has 0 amide bonds. The van der Waals surface area contributed by atoms with Gasteiger partial charge in [-0.15, -0.1) is 0 Å². The molecule has 5 heteroatoms. The van der Waals surface area contributed by atoms with E-state index in [1.54, 1.807) is 5.57 Å². The molecular formula is C54H91NO4. The summed E-state index contributed by atoms with van der Waals surface area (Å²) in [4.78, 5) is 0. The van der Waals surface area contributed by atoms with Gasteiger partial charge in [0.15, 0.2) is 0 Å². The van der Waals surface area contributed by atoms with E-state index in [1.807, 2.05) is 0 Å². The maximum atomic E-state index is 10.6. The van der Waals surface area contributed by atoms with Crippen LogP contribution in [0.2, 0.25) is 0 Å². The third-order valence-electron chi connectivity index (χ3n) is 20.7. The van der Waals surface area contributed by atoms with Crippen LogP contribution in [0.1, 0.15) is 197 Å². The number of hydrogen-bond acceptors (Lipinski definition) is 5. The lowest BCUT2D eigenvalue weighted by Gasteiger charge is -2.59. The first kappa shape index (κ1) is 45.8. The lowest BCUT2D eigenvalue weighted by atomic mass is 9.46. The number of hydrogen-bond donors (Lipinski definition) is 4. The smallest absolute Gasteiger partial charge is 0.0601 e. The van der Waals surface area contributed by atoms with Crippen LogP contribution in [0.4, 0.5) is 0 Å². The number of fused-ring (bicyclic) bond motifs is 10. The van der Waals surface area contributed by atoms with Gasteiger partial charge in [-0.25, -0.2) is 0 Å². The van der Waals surface area contributed by atoms with Gasteiger partial charge in [-0.3, -0.25) is 0 Å². The zero-order chi connectivity index (χ0) is 42.5. The molecule has 0 radical (unpaired) electrons. The molecule has 0 bridgehead atoms. The van der Waals surface area contributed by atoms with Crippen LogP contribution in [0.3, 0.4) is 0 Å². The highest BCUT2D eigenvalue weighted by atomic mass is 16.4. The van der Waals surface area contributed by atoms with E-state index >= 15 is 0 Å². The summed E-state index contributed by atoms with van der Waals surface area (Å²) in [7, 11) is 0. The zero-order valence-electron chi connectivity index (χ0n) is 39.5. The topological polar surface area (TPSA) is 93.3 Å². The van der Waals surface area contributed by atoms with Gasteiger partial charge in [-0.1, -0.05) is 110 Å². The fourth-order valence-electron chi connectivity index (χ4n) is 17.3. The van der Waals surface area contributed by atoms with Crippen molar-refractivity contribution in [1.82, 2.24) is 0 Å². The van der Waals surface area contributed by atoms with Crippen molar-refractivity contribution >= 4 is 5.71 Å². The molecule has 0 aromatic heterocycles. The first-order chi connectivity index (χ1) is 28.0. The maximum Gasteiger partial charge on any atom is 0.0601 e. The summed E-state index contributed by atoms with van der Waals surface area (Å²) in [5, 5.41) is 44.6. The Labute approximate surface area is 362 Å². The van der Waals surface area contributed by atoms with Crippen molar-refractivity contribution in [3.05, 3.63) is 23.3 Å². The first-order valence-corrected chi connectivity index (χ1v) is 25.6.